The van der Waals surface area contributed by atoms with Gasteiger partial charge in [-0.3, -0.25) is 0 Å². The molecule has 0 radical (unpaired) electrons. The number of nitrogens with one attached hydrogen (secondary N) is 1. The summed E-state index contributed by atoms with van der Waals surface area (Å²) >= 11 is 0. The average molecular weight is 247 g/mol. The Labute approximate surface area is 100 Å². The zero-order valence-corrected chi connectivity index (χ0v) is 12.2. The van der Waals surface area contributed by atoms with Crippen molar-refractivity contribution in [2.45, 2.75) is 48.0 Å². The second-order valence-electron chi connectivity index (χ2n) is 6.97. The lowest BCUT2D eigenvalue weighted by Crippen LogP contribution is -2.57. The van der Waals surface area contributed by atoms with E-state index in [0.29, 0.717) is 6.54 Å². The topological polar surface area (TPSA) is 46.2 Å². The molecule has 0 aromatic rings. The van der Waals surface area contributed by atoms with Gasteiger partial charge in [0.05, 0.1) is 5.75 Å². The van der Waals surface area contributed by atoms with Gasteiger partial charge in [0.1, 0.15) is 0 Å². The summed E-state index contributed by atoms with van der Waals surface area (Å²) in [4.78, 5) is 0. The van der Waals surface area contributed by atoms with Crippen LogP contribution in [0.4, 0.5) is 0 Å². The van der Waals surface area contributed by atoms with E-state index in [9.17, 15) is 8.42 Å². The molecule has 1 heterocycles. The monoisotopic (exact) mass is 247 g/mol. The molecule has 0 aromatic carbocycles. The Kier molecular flexibility index (Phi) is 3.23. The lowest BCUT2D eigenvalue weighted by atomic mass is 9.53. The number of hydrogen-bond acceptors (Lipinski definition) is 2. The molecule has 0 saturated carbocycles. The Balaban J connectivity index is 3.12. The Morgan fingerprint density at radius 2 is 1.44 bits per heavy atom. The quantitative estimate of drug-likeness (QED) is 0.714. The SMILES string of the molecule is CC(C)(C)C1(C(C)(C)C)CCS(=O)(=O)NC1. The van der Waals surface area contributed by atoms with E-state index >= 15 is 0 Å². The van der Waals surface area contributed by atoms with Crippen molar-refractivity contribution in [2.24, 2.45) is 16.2 Å². The normalized spacial score (nSPS) is 25.4. The first-order valence-corrected chi connectivity index (χ1v) is 7.54. The van der Waals surface area contributed by atoms with E-state index in [1.54, 1.807) is 0 Å². The fourth-order valence-corrected chi connectivity index (χ4v) is 4.34. The molecule has 96 valence electrons. The Morgan fingerprint density at radius 3 is 1.69 bits per heavy atom. The van der Waals surface area contributed by atoms with Crippen molar-refractivity contribution in [2.75, 3.05) is 12.3 Å². The van der Waals surface area contributed by atoms with Crippen LogP contribution in [0.25, 0.3) is 0 Å². The van der Waals surface area contributed by atoms with Gasteiger partial charge in [0, 0.05) is 6.54 Å². The van der Waals surface area contributed by atoms with Gasteiger partial charge in [-0.1, -0.05) is 41.5 Å². The van der Waals surface area contributed by atoms with Gasteiger partial charge in [-0.05, 0) is 22.7 Å². The highest BCUT2D eigenvalue weighted by Gasteiger charge is 2.52. The van der Waals surface area contributed by atoms with Crippen LogP contribution in [-0.2, 0) is 10.0 Å². The van der Waals surface area contributed by atoms with Crippen molar-refractivity contribution >= 4 is 10.0 Å². The summed E-state index contributed by atoms with van der Waals surface area (Å²) in [5.74, 6) is 0.252. The first-order valence-electron chi connectivity index (χ1n) is 5.89. The molecule has 0 bridgehead atoms. The molecule has 1 N–H and O–H groups in total. The summed E-state index contributed by atoms with van der Waals surface area (Å²) in [6.45, 7) is 13.8. The number of hydrogen-bond donors (Lipinski definition) is 1. The van der Waals surface area contributed by atoms with Crippen LogP contribution in [0.15, 0.2) is 0 Å². The summed E-state index contributed by atoms with van der Waals surface area (Å²) in [6, 6.07) is 0. The van der Waals surface area contributed by atoms with Crippen LogP contribution in [0.3, 0.4) is 0 Å². The summed E-state index contributed by atoms with van der Waals surface area (Å²) < 4.78 is 25.7. The fraction of sp³-hybridized carbons (Fsp3) is 1.00. The second-order valence-corrected chi connectivity index (χ2v) is 8.90. The molecule has 0 aromatic heterocycles. The molecule has 1 fully saturated rings. The van der Waals surface area contributed by atoms with Gasteiger partial charge in [-0.2, -0.15) is 0 Å². The predicted octanol–water partition coefficient (Wildman–Crippen LogP) is 2.39. The van der Waals surface area contributed by atoms with E-state index in [1.807, 2.05) is 0 Å². The molecule has 3 nitrogen and oxygen atoms in total. The first kappa shape index (κ1) is 14.0. The standard InChI is InChI=1S/C12H25NO2S/c1-10(2,3)12(11(4,5)6)7-8-16(14,15)13-9-12/h13H,7-9H2,1-6H3. The van der Waals surface area contributed by atoms with Crippen molar-refractivity contribution in [3.05, 3.63) is 0 Å². The molecular weight excluding hydrogens is 222 g/mol. The molecular formula is C12H25NO2S. The lowest BCUT2D eigenvalue weighted by Gasteiger charge is -2.55. The van der Waals surface area contributed by atoms with Gasteiger partial charge in [0.2, 0.25) is 10.0 Å². The van der Waals surface area contributed by atoms with E-state index < -0.39 is 10.0 Å². The molecule has 0 unspecified atom stereocenters. The largest absolute Gasteiger partial charge is 0.215 e. The highest BCUT2D eigenvalue weighted by atomic mass is 32.2. The Bertz CT molecular complexity index is 327. The van der Waals surface area contributed by atoms with Crippen LogP contribution in [0.5, 0.6) is 0 Å². The summed E-state index contributed by atoms with van der Waals surface area (Å²) in [5, 5.41) is 0. The molecule has 0 amide bonds. The number of rotatable bonds is 0. The van der Waals surface area contributed by atoms with Crippen LogP contribution < -0.4 is 4.72 Å². The smallest absolute Gasteiger partial charge is 0.211 e. The summed E-state index contributed by atoms with van der Waals surface area (Å²) in [7, 11) is -3.02. The van der Waals surface area contributed by atoms with Crippen molar-refractivity contribution in [1.29, 1.82) is 0 Å². The molecule has 0 spiro atoms. The molecule has 4 heteroatoms. The fourth-order valence-electron chi connectivity index (χ4n) is 3.11. The molecule has 1 rings (SSSR count). The Morgan fingerprint density at radius 1 is 1.00 bits per heavy atom. The molecule has 16 heavy (non-hydrogen) atoms. The van der Waals surface area contributed by atoms with Crippen LogP contribution in [0.2, 0.25) is 0 Å². The molecule has 0 aliphatic carbocycles. The van der Waals surface area contributed by atoms with E-state index in [-0.39, 0.29) is 22.0 Å². The van der Waals surface area contributed by atoms with Crippen molar-refractivity contribution in [1.82, 2.24) is 4.72 Å². The van der Waals surface area contributed by atoms with E-state index in [2.05, 4.69) is 46.3 Å². The lowest BCUT2D eigenvalue weighted by molar-refractivity contribution is -0.0330. The minimum absolute atomic E-state index is 0.0192. The van der Waals surface area contributed by atoms with Gasteiger partial charge in [0.15, 0.2) is 0 Å². The highest BCUT2D eigenvalue weighted by Crippen LogP contribution is 2.54. The third-order valence-corrected chi connectivity index (χ3v) is 5.59. The van der Waals surface area contributed by atoms with Crippen LogP contribution in [0, 0.1) is 16.2 Å². The zero-order valence-electron chi connectivity index (χ0n) is 11.3. The minimum Gasteiger partial charge on any atom is -0.215 e. The maximum Gasteiger partial charge on any atom is 0.211 e. The van der Waals surface area contributed by atoms with Gasteiger partial charge in [-0.25, -0.2) is 13.1 Å². The third kappa shape index (κ3) is 2.28. The van der Waals surface area contributed by atoms with E-state index in [4.69, 9.17) is 0 Å². The summed E-state index contributed by atoms with van der Waals surface area (Å²) in [5.41, 5.74) is 0.202. The van der Waals surface area contributed by atoms with Crippen molar-refractivity contribution < 1.29 is 8.42 Å². The van der Waals surface area contributed by atoms with Gasteiger partial charge in [0.25, 0.3) is 0 Å². The van der Waals surface area contributed by atoms with E-state index in [0.717, 1.165) is 6.42 Å². The Hall–Kier alpha value is -0.0900. The maximum absolute atomic E-state index is 11.5. The molecule has 1 aliphatic rings. The second kappa shape index (κ2) is 3.70. The third-order valence-electron chi connectivity index (χ3n) is 4.26. The average Bonchev–Trinajstić information content (AvgIpc) is 1.98. The zero-order chi connectivity index (χ0) is 12.8. The predicted molar refractivity (Wildman–Crippen MR) is 67.7 cm³/mol. The van der Waals surface area contributed by atoms with Crippen molar-refractivity contribution in [3.63, 3.8) is 0 Å². The molecule has 1 aliphatic heterocycles. The summed E-state index contributed by atoms with van der Waals surface area (Å²) in [6.07, 6.45) is 0.745. The van der Waals surface area contributed by atoms with Crippen LogP contribution >= 0.6 is 0 Å². The van der Waals surface area contributed by atoms with E-state index in [1.165, 1.54) is 0 Å². The number of sulfonamides is 1. The van der Waals surface area contributed by atoms with Crippen molar-refractivity contribution in [3.8, 4) is 0 Å². The molecule has 1 saturated heterocycles. The van der Waals surface area contributed by atoms with Crippen LogP contribution in [0.1, 0.15) is 48.0 Å². The first-order chi connectivity index (χ1) is 6.91. The van der Waals surface area contributed by atoms with Crippen LogP contribution in [-0.4, -0.2) is 20.7 Å². The van der Waals surface area contributed by atoms with Gasteiger partial charge >= 0.3 is 0 Å². The maximum atomic E-state index is 11.5. The minimum atomic E-state index is -3.02. The molecule has 0 atom stereocenters. The van der Waals surface area contributed by atoms with Gasteiger partial charge < -0.3 is 0 Å². The van der Waals surface area contributed by atoms with Gasteiger partial charge in [-0.15, -0.1) is 0 Å². The highest BCUT2D eigenvalue weighted by molar-refractivity contribution is 7.89.